The number of carboxylic acid groups (broad SMARTS) is 4. The minimum Gasteiger partial charge on any atom is -0.481 e. The van der Waals surface area contributed by atoms with Gasteiger partial charge in [0, 0.05) is 47.4 Å². The summed E-state index contributed by atoms with van der Waals surface area (Å²) < 4.78 is 0. The summed E-state index contributed by atoms with van der Waals surface area (Å²) in [6.45, 7) is 0. The van der Waals surface area contributed by atoms with E-state index in [1.165, 1.54) is 0 Å². The quantitative estimate of drug-likeness (QED) is 0.345. The molecule has 0 atom stereocenters. The summed E-state index contributed by atoms with van der Waals surface area (Å²) in [4.78, 5) is 39.6. The third-order valence-corrected chi connectivity index (χ3v) is 2.06. The van der Waals surface area contributed by atoms with Crippen molar-refractivity contribution < 1.29 is 61.3 Å². The molecule has 0 aliphatic carbocycles. The second kappa shape index (κ2) is 16.6. The predicted molar refractivity (Wildman–Crippen MR) is 67.5 cm³/mol. The van der Waals surface area contributed by atoms with Crippen molar-refractivity contribution in [3.05, 3.63) is 0 Å². The van der Waals surface area contributed by atoms with Crippen LogP contribution in [-0.2, 0) is 40.9 Å². The summed E-state index contributed by atoms with van der Waals surface area (Å²) in [7, 11) is 0. The summed E-state index contributed by atoms with van der Waals surface area (Å²) in [5, 5.41) is 32.5. The van der Waals surface area contributed by atoms with Crippen LogP contribution in [0.15, 0.2) is 0 Å². The average molecular weight is 340 g/mol. The van der Waals surface area contributed by atoms with Crippen molar-refractivity contribution in [1.29, 1.82) is 0 Å². The summed E-state index contributed by atoms with van der Waals surface area (Å²) in [6, 6.07) is 0. The Hall–Kier alpha value is -1.41. The van der Waals surface area contributed by atoms with Crippen LogP contribution in [0.1, 0.15) is 51.4 Å². The van der Waals surface area contributed by atoms with Gasteiger partial charge in [-0.15, -0.1) is 0 Å². The number of carboxylic acids is 4. The fourth-order valence-electron chi connectivity index (χ4n) is 1.10. The summed E-state index contributed by atoms with van der Waals surface area (Å²) in [5.74, 6) is -3.48. The number of unbranched alkanes of at least 4 members (excludes halogenated alkanes) is 2. The van der Waals surface area contributed by atoms with E-state index in [1.807, 2.05) is 0 Å². The van der Waals surface area contributed by atoms with Gasteiger partial charge >= 0.3 is 23.9 Å². The topological polar surface area (TPSA) is 149 Å². The van der Waals surface area contributed by atoms with Gasteiger partial charge in [-0.1, -0.05) is 0 Å². The zero-order valence-corrected chi connectivity index (χ0v) is 13.1. The standard InChI is InChI=1S/2C6H10O4.Ti/c2*7-5(8)3-1-2-4-6(9)10;/h2*1-4H2,(H,7,8)(H,9,10);. The van der Waals surface area contributed by atoms with Gasteiger partial charge in [-0.25, -0.2) is 0 Å². The van der Waals surface area contributed by atoms with E-state index in [2.05, 4.69) is 0 Å². The van der Waals surface area contributed by atoms with Crippen molar-refractivity contribution in [3.63, 3.8) is 0 Å². The molecule has 9 heteroatoms. The molecule has 0 aliphatic rings. The van der Waals surface area contributed by atoms with Crippen LogP contribution in [0.25, 0.3) is 0 Å². The van der Waals surface area contributed by atoms with Crippen LogP contribution >= 0.6 is 0 Å². The van der Waals surface area contributed by atoms with Gasteiger partial charge in [0.05, 0.1) is 0 Å². The van der Waals surface area contributed by atoms with Crippen molar-refractivity contribution >= 4 is 23.9 Å². The first-order valence-corrected chi connectivity index (χ1v) is 6.13. The SMILES string of the molecule is O=C(O)CCCCC(=O)O.O=C(O)CCCCC(=O)O.[Ti]. The Balaban J connectivity index is -0.000000295. The number of hydrogen-bond donors (Lipinski definition) is 4. The average Bonchev–Trinajstić information content (AvgIpc) is 2.30. The van der Waals surface area contributed by atoms with Crippen LogP contribution in [0.4, 0.5) is 0 Å². The molecule has 0 aromatic carbocycles. The van der Waals surface area contributed by atoms with Crippen LogP contribution in [0.3, 0.4) is 0 Å². The molecular weight excluding hydrogens is 320 g/mol. The molecule has 0 fully saturated rings. The first kappa shape index (κ1) is 24.6. The Bertz CT molecular complexity index is 265. The molecule has 0 heterocycles. The number of hydrogen-bond acceptors (Lipinski definition) is 4. The van der Waals surface area contributed by atoms with E-state index in [0.29, 0.717) is 25.7 Å². The number of carbonyl (C=O) groups is 4. The minimum absolute atomic E-state index is 0. The minimum atomic E-state index is -0.870. The monoisotopic (exact) mass is 340 g/mol. The Labute approximate surface area is 137 Å². The van der Waals surface area contributed by atoms with E-state index in [1.54, 1.807) is 0 Å². The van der Waals surface area contributed by atoms with Crippen LogP contribution in [-0.4, -0.2) is 44.3 Å². The maximum Gasteiger partial charge on any atom is 0.303 e. The summed E-state index contributed by atoms with van der Waals surface area (Å²) >= 11 is 0. The number of aliphatic carboxylic acids is 4. The molecule has 0 radical (unpaired) electrons. The maximum absolute atomic E-state index is 9.90. The van der Waals surface area contributed by atoms with E-state index in [-0.39, 0.29) is 47.4 Å². The molecule has 0 spiro atoms. The van der Waals surface area contributed by atoms with Gasteiger partial charge in [0.15, 0.2) is 0 Å². The molecule has 0 aromatic rings. The molecule has 4 N–H and O–H groups in total. The third-order valence-electron chi connectivity index (χ3n) is 2.06. The molecule has 0 amide bonds. The molecule has 21 heavy (non-hydrogen) atoms. The van der Waals surface area contributed by atoms with Crippen molar-refractivity contribution in [2.24, 2.45) is 0 Å². The molecule has 0 aromatic heterocycles. The van der Waals surface area contributed by atoms with Crippen molar-refractivity contribution in [2.45, 2.75) is 51.4 Å². The molecule has 0 saturated heterocycles. The zero-order valence-electron chi connectivity index (χ0n) is 11.6. The second-order valence-corrected chi connectivity index (χ2v) is 3.99. The van der Waals surface area contributed by atoms with Gasteiger partial charge in [0.1, 0.15) is 0 Å². The zero-order chi connectivity index (χ0) is 16.0. The van der Waals surface area contributed by atoms with E-state index in [4.69, 9.17) is 20.4 Å². The van der Waals surface area contributed by atoms with E-state index < -0.39 is 23.9 Å². The molecule has 0 aliphatic heterocycles. The Morgan fingerprint density at radius 1 is 0.476 bits per heavy atom. The van der Waals surface area contributed by atoms with Crippen LogP contribution in [0, 0.1) is 0 Å². The molecule has 0 saturated carbocycles. The molecular formula is C12H20O8Ti. The Morgan fingerprint density at radius 3 is 0.714 bits per heavy atom. The van der Waals surface area contributed by atoms with Crippen molar-refractivity contribution in [2.75, 3.05) is 0 Å². The normalized spacial score (nSPS) is 8.76. The van der Waals surface area contributed by atoms with Gasteiger partial charge in [0.2, 0.25) is 0 Å². The van der Waals surface area contributed by atoms with Crippen LogP contribution < -0.4 is 0 Å². The molecule has 0 bridgehead atoms. The van der Waals surface area contributed by atoms with E-state index >= 15 is 0 Å². The van der Waals surface area contributed by atoms with Gasteiger partial charge in [0.25, 0.3) is 0 Å². The molecule has 0 unspecified atom stereocenters. The fourth-order valence-corrected chi connectivity index (χ4v) is 1.10. The number of rotatable bonds is 10. The fraction of sp³-hybridized carbons (Fsp3) is 0.667. The molecule has 120 valence electrons. The molecule has 8 nitrogen and oxygen atoms in total. The van der Waals surface area contributed by atoms with E-state index in [9.17, 15) is 19.2 Å². The first-order valence-electron chi connectivity index (χ1n) is 6.13. The van der Waals surface area contributed by atoms with Gasteiger partial charge in [-0.2, -0.15) is 0 Å². The largest absolute Gasteiger partial charge is 0.481 e. The van der Waals surface area contributed by atoms with Crippen molar-refractivity contribution in [1.82, 2.24) is 0 Å². The van der Waals surface area contributed by atoms with E-state index in [0.717, 1.165) is 0 Å². The van der Waals surface area contributed by atoms with Crippen LogP contribution in [0.2, 0.25) is 0 Å². The predicted octanol–water partition coefficient (Wildman–Crippen LogP) is 1.43. The summed E-state index contributed by atoms with van der Waals surface area (Å²) in [5.41, 5.74) is 0. The van der Waals surface area contributed by atoms with Gasteiger partial charge < -0.3 is 20.4 Å². The van der Waals surface area contributed by atoms with Crippen molar-refractivity contribution in [3.8, 4) is 0 Å². The smallest absolute Gasteiger partial charge is 0.303 e. The molecule has 0 rings (SSSR count). The first-order chi connectivity index (χ1) is 9.25. The Kier molecular flexibility index (Phi) is 19.5. The Morgan fingerprint density at radius 2 is 0.619 bits per heavy atom. The summed E-state index contributed by atoms with van der Waals surface area (Å²) in [6.07, 6.45) is 2.04. The third kappa shape index (κ3) is 32.3. The van der Waals surface area contributed by atoms with Gasteiger partial charge in [-0.05, 0) is 25.7 Å². The second-order valence-electron chi connectivity index (χ2n) is 3.99. The van der Waals surface area contributed by atoms with Crippen LogP contribution in [0.5, 0.6) is 0 Å². The van der Waals surface area contributed by atoms with Gasteiger partial charge in [-0.3, -0.25) is 19.2 Å². The maximum atomic E-state index is 9.90.